The number of aliphatic hydroxyl groups is 1. The number of aliphatic carboxylic acids is 1. The predicted molar refractivity (Wildman–Crippen MR) is 78.0 cm³/mol. The zero-order valence-corrected chi connectivity index (χ0v) is 12.8. The van der Waals surface area contributed by atoms with E-state index < -0.39 is 11.5 Å². The van der Waals surface area contributed by atoms with Gasteiger partial charge in [-0.15, -0.1) is 0 Å². The molecule has 2 N–H and O–H groups in total. The number of carbonyl (C=O) groups excluding carboxylic acids is 1. The molecule has 2 heterocycles. The van der Waals surface area contributed by atoms with Crippen molar-refractivity contribution in [3.05, 3.63) is 0 Å². The number of urea groups is 1. The second kappa shape index (κ2) is 6.64. The fraction of sp³-hybridized carbons (Fsp3) is 0.867. The summed E-state index contributed by atoms with van der Waals surface area (Å²) in [5.74, 6) is -0.911. The Morgan fingerprint density at radius 1 is 1.19 bits per heavy atom. The molecule has 2 atom stereocenters. The molecule has 2 rings (SSSR count). The van der Waals surface area contributed by atoms with Gasteiger partial charge in [-0.3, -0.25) is 0 Å². The SMILES string of the molecule is CCC1(C(=O)O)CCCN1C(=O)N1CCCCCC1CO. The summed E-state index contributed by atoms with van der Waals surface area (Å²) >= 11 is 0. The molecule has 2 amide bonds. The third-order valence-electron chi connectivity index (χ3n) is 5.04. The molecule has 0 saturated carbocycles. The molecule has 0 aromatic rings. The molecule has 2 aliphatic rings. The molecule has 120 valence electrons. The van der Waals surface area contributed by atoms with E-state index in [4.69, 9.17) is 0 Å². The van der Waals surface area contributed by atoms with E-state index in [9.17, 15) is 19.8 Å². The molecule has 0 spiro atoms. The Balaban J connectivity index is 2.22. The molecule has 6 nitrogen and oxygen atoms in total. The van der Waals surface area contributed by atoms with E-state index in [1.807, 2.05) is 6.92 Å². The van der Waals surface area contributed by atoms with E-state index >= 15 is 0 Å². The van der Waals surface area contributed by atoms with Crippen molar-refractivity contribution in [1.29, 1.82) is 0 Å². The Hall–Kier alpha value is -1.30. The topological polar surface area (TPSA) is 81.1 Å². The molecular weight excluding hydrogens is 272 g/mol. The maximum absolute atomic E-state index is 12.9. The summed E-state index contributed by atoms with van der Waals surface area (Å²) < 4.78 is 0. The number of rotatable bonds is 3. The van der Waals surface area contributed by atoms with Gasteiger partial charge in [0.05, 0.1) is 12.6 Å². The summed E-state index contributed by atoms with van der Waals surface area (Å²) in [5.41, 5.74) is -1.07. The molecular formula is C15H26N2O4. The van der Waals surface area contributed by atoms with E-state index in [2.05, 4.69) is 0 Å². The van der Waals surface area contributed by atoms with Crippen molar-refractivity contribution >= 4 is 12.0 Å². The monoisotopic (exact) mass is 298 g/mol. The number of carbonyl (C=O) groups is 2. The van der Waals surface area contributed by atoms with Crippen LogP contribution in [0.25, 0.3) is 0 Å². The zero-order valence-electron chi connectivity index (χ0n) is 12.8. The fourth-order valence-corrected chi connectivity index (χ4v) is 3.67. The Kier molecular flexibility index (Phi) is 5.08. The van der Waals surface area contributed by atoms with Crippen LogP contribution in [0.5, 0.6) is 0 Å². The Morgan fingerprint density at radius 3 is 2.57 bits per heavy atom. The molecule has 0 bridgehead atoms. The quantitative estimate of drug-likeness (QED) is 0.830. The first kappa shape index (κ1) is 16.1. The first-order valence-electron chi connectivity index (χ1n) is 7.99. The first-order valence-corrected chi connectivity index (χ1v) is 7.99. The van der Waals surface area contributed by atoms with Crippen molar-refractivity contribution in [1.82, 2.24) is 9.80 Å². The first-order chi connectivity index (χ1) is 10.1. The van der Waals surface area contributed by atoms with Crippen molar-refractivity contribution in [3.8, 4) is 0 Å². The summed E-state index contributed by atoms with van der Waals surface area (Å²) in [7, 11) is 0. The molecule has 2 fully saturated rings. The van der Waals surface area contributed by atoms with Crippen LogP contribution in [0.2, 0.25) is 0 Å². The number of hydrogen-bond donors (Lipinski definition) is 2. The maximum Gasteiger partial charge on any atom is 0.329 e. The van der Waals surface area contributed by atoms with Crippen LogP contribution in [-0.4, -0.2) is 63.3 Å². The molecule has 2 aliphatic heterocycles. The molecule has 21 heavy (non-hydrogen) atoms. The zero-order chi connectivity index (χ0) is 15.5. The fourth-order valence-electron chi connectivity index (χ4n) is 3.67. The Morgan fingerprint density at radius 2 is 1.95 bits per heavy atom. The van der Waals surface area contributed by atoms with Crippen molar-refractivity contribution in [3.63, 3.8) is 0 Å². The highest BCUT2D eigenvalue weighted by molar-refractivity contribution is 5.87. The van der Waals surface area contributed by atoms with Crippen LogP contribution in [0.1, 0.15) is 51.9 Å². The largest absolute Gasteiger partial charge is 0.479 e. The van der Waals surface area contributed by atoms with E-state index in [0.717, 1.165) is 32.1 Å². The number of carboxylic acid groups (broad SMARTS) is 1. The lowest BCUT2D eigenvalue weighted by molar-refractivity contribution is -0.148. The highest BCUT2D eigenvalue weighted by Crippen LogP contribution is 2.34. The third-order valence-corrected chi connectivity index (χ3v) is 5.04. The lowest BCUT2D eigenvalue weighted by Crippen LogP contribution is -2.58. The van der Waals surface area contributed by atoms with Gasteiger partial charge in [0.25, 0.3) is 0 Å². The molecule has 0 aromatic carbocycles. The second-order valence-corrected chi connectivity index (χ2v) is 6.11. The molecule has 2 saturated heterocycles. The summed E-state index contributed by atoms with van der Waals surface area (Å²) in [4.78, 5) is 27.8. The van der Waals surface area contributed by atoms with Gasteiger partial charge in [-0.2, -0.15) is 0 Å². The van der Waals surface area contributed by atoms with Gasteiger partial charge in [0.15, 0.2) is 0 Å². The van der Waals surface area contributed by atoms with Gasteiger partial charge in [-0.25, -0.2) is 9.59 Å². The van der Waals surface area contributed by atoms with Crippen LogP contribution in [0.15, 0.2) is 0 Å². The summed E-state index contributed by atoms with van der Waals surface area (Å²) in [6.07, 6.45) is 5.44. The predicted octanol–water partition coefficient (Wildman–Crippen LogP) is 1.67. The molecule has 0 radical (unpaired) electrons. The van der Waals surface area contributed by atoms with Gasteiger partial charge in [0.1, 0.15) is 5.54 Å². The van der Waals surface area contributed by atoms with Crippen molar-refractivity contribution in [2.45, 2.75) is 63.5 Å². The minimum absolute atomic E-state index is 0.0498. The van der Waals surface area contributed by atoms with Gasteiger partial charge in [0.2, 0.25) is 0 Å². The van der Waals surface area contributed by atoms with Crippen LogP contribution in [0, 0.1) is 0 Å². The van der Waals surface area contributed by atoms with Crippen molar-refractivity contribution < 1.29 is 19.8 Å². The van der Waals surface area contributed by atoms with Gasteiger partial charge in [-0.05, 0) is 32.1 Å². The van der Waals surface area contributed by atoms with Crippen LogP contribution in [0.4, 0.5) is 4.79 Å². The highest BCUT2D eigenvalue weighted by Gasteiger charge is 2.50. The Bertz CT molecular complexity index is 401. The number of likely N-dealkylation sites (tertiary alicyclic amines) is 2. The number of carboxylic acids is 1. The van der Waals surface area contributed by atoms with Crippen LogP contribution in [0.3, 0.4) is 0 Å². The summed E-state index contributed by atoms with van der Waals surface area (Å²) in [5, 5.41) is 19.1. The van der Waals surface area contributed by atoms with Gasteiger partial charge in [0, 0.05) is 13.1 Å². The molecule has 6 heteroatoms. The second-order valence-electron chi connectivity index (χ2n) is 6.11. The van der Waals surface area contributed by atoms with E-state index in [1.54, 1.807) is 4.90 Å². The Labute approximate surface area is 125 Å². The van der Waals surface area contributed by atoms with Crippen molar-refractivity contribution in [2.75, 3.05) is 19.7 Å². The average molecular weight is 298 g/mol. The standard InChI is InChI=1S/C15H26N2O4/c1-2-15(13(19)20)8-6-10-17(15)14(21)16-9-5-3-4-7-12(16)11-18/h12,18H,2-11H2,1H3,(H,19,20). The van der Waals surface area contributed by atoms with E-state index in [1.165, 1.54) is 4.90 Å². The number of hydrogen-bond acceptors (Lipinski definition) is 3. The van der Waals surface area contributed by atoms with Crippen molar-refractivity contribution in [2.24, 2.45) is 0 Å². The van der Waals surface area contributed by atoms with Gasteiger partial charge in [-0.1, -0.05) is 19.8 Å². The summed E-state index contributed by atoms with van der Waals surface area (Å²) in [6, 6.07) is -0.387. The average Bonchev–Trinajstić information content (AvgIpc) is 2.78. The highest BCUT2D eigenvalue weighted by atomic mass is 16.4. The lowest BCUT2D eigenvalue weighted by atomic mass is 9.93. The van der Waals surface area contributed by atoms with Gasteiger partial charge < -0.3 is 20.0 Å². The lowest BCUT2D eigenvalue weighted by Gasteiger charge is -2.39. The number of nitrogens with zero attached hydrogens (tertiary/aromatic N) is 2. The maximum atomic E-state index is 12.9. The molecule has 2 unspecified atom stereocenters. The minimum atomic E-state index is -1.07. The smallest absolute Gasteiger partial charge is 0.329 e. The summed E-state index contributed by atoms with van der Waals surface area (Å²) in [6.45, 7) is 2.88. The molecule has 0 aromatic heterocycles. The minimum Gasteiger partial charge on any atom is -0.479 e. The number of amides is 2. The normalized spacial score (nSPS) is 30.3. The van der Waals surface area contributed by atoms with Gasteiger partial charge >= 0.3 is 12.0 Å². The van der Waals surface area contributed by atoms with E-state index in [0.29, 0.717) is 25.9 Å². The number of aliphatic hydroxyl groups excluding tert-OH is 1. The third kappa shape index (κ3) is 2.86. The molecule has 0 aliphatic carbocycles. The van der Waals surface area contributed by atoms with Crippen LogP contribution >= 0.6 is 0 Å². The van der Waals surface area contributed by atoms with Crippen LogP contribution < -0.4 is 0 Å². The van der Waals surface area contributed by atoms with E-state index in [-0.39, 0.29) is 18.7 Å². The van der Waals surface area contributed by atoms with Crippen LogP contribution in [-0.2, 0) is 4.79 Å².